The van der Waals surface area contributed by atoms with E-state index in [2.05, 4.69) is 30.8 Å². The molecule has 0 aliphatic heterocycles. The van der Waals surface area contributed by atoms with Gasteiger partial charge in [-0.3, -0.25) is 0 Å². The Hall–Kier alpha value is -1.29. The topological polar surface area (TPSA) is 51.5 Å². The molecular weight excluding hydrogens is 218 g/mol. The maximum Gasteiger partial charge on any atom is 0.373 e. The van der Waals surface area contributed by atoms with Gasteiger partial charge in [-0.2, -0.15) is 0 Å². The average Bonchev–Trinajstić information content (AvgIpc) is 2.76. The lowest BCUT2D eigenvalue weighted by Crippen LogP contribution is -2.22. The lowest BCUT2D eigenvalue weighted by Gasteiger charge is -2.17. The van der Waals surface area contributed by atoms with Crippen LogP contribution in [0.2, 0.25) is 0 Å². The Morgan fingerprint density at radius 3 is 2.71 bits per heavy atom. The highest BCUT2D eigenvalue weighted by atomic mass is 16.5. The normalized spacial score (nSPS) is 12.8. The number of carbonyl (C=O) groups excluding carboxylic acids is 1. The van der Waals surface area contributed by atoms with Crippen LogP contribution < -0.4 is 5.32 Å². The number of hydrogen-bond donors (Lipinski definition) is 1. The van der Waals surface area contributed by atoms with Gasteiger partial charge in [-0.05, 0) is 31.0 Å². The Balaban J connectivity index is 2.79. The second-order valence-electron chi connectivity index (χ2n) is 4.43. The minimum atomic E-state index is -0.434. The van der Waals surface area contributed by atoms with Crippen molar-refractivity contribution < 1.29 is 13.9 Å². The number of nitrogens with one attached hydrogen (secondary N) is 1. The van der Waals surface area contributed by atoms with Crippen LogP contribution in [0.4, 0.5) is 0 Å². The molecule has 0 spiro atoms. The monoisotopic (exact) mass is 239 g/mol. The first kappa shape index (κ1) is 13.8. The van der Waals surface area contributed by atoms with Gasteiger partial charge in [0.15, 0.2) is 0 Å². The summed E-state index contributed by atoms with van der Waals surface area (Å²) in [4.78, 5) is 11.3. The highest BCUT2D eigenvalue weighted by Crippen LogP contribution is 2.23. The minimum Gasteiger partial charge on any atom is -0.463 e. The van der Waals surface area contributed by atoms with Gasteiger partial charge in [0.25, 0.3) is 0 Å². The molecule has 0 aliphatic carbocycles. The van der Waals surface area contributed by atoms with Crippen LogP contribution in [0.25, 0.3) is 0 Å². The second-order valence-corrected chi connectivity index (χ2v) is 4.43. The van der Waals surface area contributed by atoms with Crippen molar-refractivity contribution in [1.82, 2.24) is 5.32 Å². The van der Waals surface area contributed by atoms with Gasteiger partial charge in [-0.15, -0.1) is 0 Å². The van der Waals surface area contributed by atoms with E-state index in [0.29, 0.717) is 5.92 Å². The highest BCUT2D eigenvalue weighted by Gasteiger charge is 2.18. The average molecular weight is 239 g/mol. The van der Waals surface area contributed by atoms with Crippen LogP contribution in [0.5, 0.6) is 0 Å². The molecule has 1 aromatic rings. The fourth-order valence-corrected chi connectivity index (χ4v) is 1.77. The van der Waals surface area contributed by atoms with E-state index >= 15 is 0 Å². The first-order chi connectivity index (χ1) is 8.08. The van der Waals surface area contributed by atoms with Crippen molar-refractivity contribution in [3.63, 3.8) is 0 Å². The van der Waals surface area contributed by atoms with Gasteiger partial charge < -0.3 is 14.5 Å². The van der Waals surface area contributed by atoms with E-state index in [4.69, 9.17) is 4.42 Å². The summed E-state index contributed by atoms with van der Waals surface area (Å²) in [6, 6.07) is 3.65. The first-order valence-electron chi connectivity index (χ1n) is 5.99. The number of hydrogen-bond acceptors (Lipinski definition) is 4. The summed E-state index contributed by atoms with van der Waals surface area (Å²) >= 11 is 0. The maximum absolute atomic E-state index is 11.3. The van der Waals surface area contributed by atoms with Crippen molar-refractivity contribution in [2.75, 3.05) is 13.7 Å². The number of ether oxygens (including phenoxy) is 1. The van der Waals surface area contributed by atoms with Crippen LogP contribution in [-0.2, 0) is 4.74 Å². The van der Waals surface area contributed by atoms with Gasteiger partial charge in [0.1, 0.15) is 5.76 Å². The standard InChI is InChI=1S/C13H21NO3/c1-5-14-10(8-9(2)3)11-6-7-12(17-11)13(15)16-4/h6-7,9-10,14H,5,8H2,1-4H3. The SMILES string of the molecule is CCNC(CC(C)C)c1ccc(C(=O)OC)o1. The summed E-state index contributed by atoms with van der Waals surface area (Å²) in [6.07, 6.45) is 0.974. The lowest BCUT2D eigenvalue weighted by atomic mass is 10.0. The van der Waals surface area contributed by atoms with E-state index in [1.165, 1.54) is 7.11 Å². The molecule has 1 heterocycles. The minimum absolute atomic E-state index is 0.151. The van der Waals surface area contributed by atoms with E-state index in [0.717, 1.165) is 18.7 Å². The number of rotatable bonds is 6. The fourth-order valence-electron chi connectivity index (χ4n) is 1.77. The van der Waals surface area contributed by atoms with E-state index in [-0.39, 0.29) is 11.8 Å². The third kappa shape index (κ3) is 3.89. The molecule has 0 aromatic carbocycles. The van der Waals surface area contributed by atoms with Crippen molar-refractivity contribution >= 4 is 5.97 Å². The zero-order chi connectivity index (χ0) is 12.8. The molecule has 1 aromatic heterocycles. The van der Waals surface area contributed by atoms with E-state index < -0.39 is 5.97 Å². The second kappa shape index (κ2) is 6.45. The fraction of sp³-hybridized carbons (Fsp3) is 0.615. The van der Waals surface area contributed by atoms with Gasteiger partial charge in [0.05, 0.1) is 13.2 Å². The van der Waals surface area contributed by atoms with Crippen LogP contribution in [0, 0.1) is 5.92 Å². The quantitative estimate of drug-likeness (QED) is 0.775. The van der Waals surface area contributed by atoms with Crippen molar-refractivity contribution in [3.05, 3.63) is 23.7 Å². The summed E-state index contributed by atoms with van der Waals surface area (Å²) in [5.41, 5.74) is 0. The third-order valence-corrected chi connectivity index (χ3v) is 2.51. The zero-order valence-electron chi connectivity index (χ0n) is 10.9. The molecule has 1 atom stereocenters. The molecule has 17 heavy (non-hydrogen) atoms. The molecule has 0 amide bonds. The Morgan fingerprint density at radius 1 is 1.47 bits per heavy atom. The van der Waals surface area contributed by atoms with Crippen LogP contribution in [0.15, 0.2) is 16.5 Å². The van der Waals surface area contributed by atoms with Gasteiger partial charge in [0, 0.05) is 0 Å². The van der Waals surface area contributed by atoms with Crippen LogP contribution in [0.3, 0.4) is 0 Å². The molecule has 0 saturated heterocycles. The molecule has 1 unspecified atom stereocenters. The highest BCUT2D eigenvalue weighted by molar-refractivity contribution is 5.86. The van der Waals surface area contributed by atoms with Crippen LogP contribution in [0.1, 0.15) is 49.5 Å². The molecule has 4 nitrogen and oxygen atoms in total. The van der Waals surface area contributed by atoms with Crippen LogP contribution >= 0.6 is 0 Å². The van der Waals surface area contributed by atoms with Crippen molar-refractivity contribution in [2.45, 2.75) is 33.2 Å². The Bertz CT molecular complexity index is 357. The van der Waals surface area contributed by atoms with Gasteiger partial charge in [0.2, 0.25) is 5.76 Å². The van der Waals surface area contributed by atoms with Gasteiger partial charge in [-0.25, -0.2) is 4.79 Å². The summed E-state index contributed by atoms with van der Waals surface area (Å²) in [7, 11) is 1.35. The van der Waals surface area contributed by atoms with Gasteiger partial charge >= 0.3 is 5.97 Å². The Kier molecular flexibility index (Phi) is 5.22. The first-order valence-corrected chi connectivity index (χ1v) is 5.99. The van der Waals surface area contributed by atoms with E-state index in [1.807, 2.05) is 6.07 Å². The number of esters is 1. The molecule has 1 rings (SSSR count). The van der Waals surface area contributed by atoms with Crippen molar-refractivity contribution in [3.8, 4) is 0 Å². The molecule has 96 valence electrons. The lowest BCUT2D eigenvalue weighted by molar-refractivity contribution is 0.0561. The summed E-state index contributed by atoms with van der Waals surface area (Å²) in [5, 5.41) is 3.35. The van der Waals surface area contributed by atoms with Crippen molar-refractivity contribution in [1.29, 1.82) is 0 Å². The summed E-state index contributed by atoms with van der Waals surface area (Å²) in [6.45, 7) is 7.24. The molecule has 1 N–H and O–H groups in total. The van der Waals surface area contributed by atoms with Crippen LogP contribution in [-0.4, -0.2) is 19.6 Å². The Morgan fingerprint density at radius 2 is 2.18 bits per heavy atom. The van der Waals surface area contributed by atoms with E-state index in [1.54, 1.807) is 6.07 Å². The number of furan rings is 1. The predicted molar refractivity (Wildman–Crippen MR) is 65.9 cm³/mol. The number of methoxy groups -OCH3 is 1. The smallest absolute Gasteiger partial charge is 0.373 e. The molecule has 0 aliphatic rings. The molecule has 4 heteroatoms. The molecule has 0 bridgehead atoms. The molecule has 0 radical (unpaired) electrons. The van der Waals surface area contributed by atoms with E-state index in [9.17, 15) is 4.79 Å². The van der Waals surface area contributed by atoms with Gasteiger partial charge in [-0.1, -0.05) is 20.8 Å². The largest absolute Gasteiger partial charge is 0.463 e. The summed E-state index contributed by atoms with van der Waals surface area (Å²) in [5.74, 6) is 1.18. The van der Waals surface area contributed by atoms with Crippen molar-refractivity contribution in [2.24, 2.45) is 5.92 Å². The molecule has 0 saturated carbocycles. The maximum atomic E-state index is 11.3. The number of carbonyl (C=O) groups is 1. The summed E-state index contributed by atoms with van der Waals surface area (Å²) < 4.78 is 10.1. The molecular formula is C13H21NO3. The third-order valence-electron chi connectivity index (χ3n) is 2.51. The predicted octanol–water partition coefficient (Wildman–Crippen LogP) is 2.76. The Labute approximate surface area is 102 Å². The molecule has 0 fully saturated rings. The zero-order valence-corrected chi connectivity index (χ0v) is 10.9.